The number of halogens is 4. The molecule has 102 valence electrons. The summed E-state index contributed by atoms with van der Waals surface area (Å²) in [5.41, 5.74) is 0.545. The lowest BCUT2D eigenvalue weighted by atomic mass is 9.78. The van der Waals surface area contributed by atoms with Crippen LogP contribution in [0, 0.1) is 23.0 Å². The van der Waals surface area contributed by atoms with Gasteiger partial charge in [-0.1, -0.05) is 51.8 Å². The highest BCUT2D eigenvalue weighted by Crippen LogP contribution is 2.35. The van der Waals surface area contributed by atoms with E-state index in [9.17, 15) is 8.78 Å². The third-order valence-corrected chi connectivity index (χ3v) is 5.37. The van der Waals surface area contributed by atoms with Crippen LogP contribution >= 0.6 is 31.9 Å². The van der Waals surface area contributed by atoms with Crippen LogP contribution in [0.1, 0.15) is 25.8 Å². The number of alkyl halides is 2. The van der Waals surface area contributed by atoms with Crippen molar-refractivity contribution in [2.24, 2.45) is 11.3 Å². The smallest absolute Gasteiger partial charge is 0.129 e. The highest BCUT2D eigenvalue weighted by molar-refractivity contribution is 9.09. The molecule has 0 aliphatic rings. The molecule has 0 nitrogen and oxygen atoms in total. The summed E-state index contributed by atoms with van der Waals surface area (Å²) in [4.78, 5) is 0. The molecule has 0 aromatic heterocycles. The zero-order chi connectivity index (χ0) is 13.8. The minimum atomic E-state index is -0.525. The molecule has 1 aromatic carbocycles. The van der Waals surface area contributed by atoms with E-state index < -0.39 is 11.6 Å². The van der Waals surface area contributed by atoms with Gasteiger partial charge in [0.25, 0.3) is 0 Å². The Labute approximate surface area is 124 Å². The van der Waals surface area contributed by atoms with Crippen LogP contribution in [0.25, 0.3) is 0 Å². The fourth-order valence-corrected chi connectivity index (χ4v) is 4.03. The van der Waals surface area contributed by atoms with E-state index in [1.54, 1.807) is 6.07 Å². The van der Waals surface area contributed by atoms with Crippen LogP contribution in [0.5, 0.6) is 0 Å². The Balaban J connectivity index is 2.95. The van der Waals surface area contributed by atoms with Crippen molar-refractivity contribution in [2.45, 2.75) is 26.7 Å². The van der Waals surface area contributed by atoms with Gasteiger partial charge in [-0.15, -0.1) is 0 Å². The lowest BCUT2D eigenvalue weighted by Crippen LogP contribution is -2.30. The first-order chi connectivity index (χ1) is 8.42. The van der Waals surface area contributed by atoms with Gasteiger partial charge >= 0.3 is 0 Å². The zero-order valence-corrected chi connectivity index (χ0v) is 13.8. The summed E-state index contributed by atoms with van der Waals surface area (Å²) in [5.74, 6) is -0.447. The Morgan fingerprint density at radius 2 is 1.78 bits per heavy atom. The summed E-state index contributed by atoms with van der Waals surface area (Å²) in [5, 5.41) is 1.58. The van der Waals surface area contributed by atoms with Gasteiger partial charge in [-0.3, -0.25) is 0 Å². The monoisotopic (exact) mass is 382 g/mol. The van der Waals surface area contributed by atoms with Crippen molar-refractivity contribution >= 4 is 31.9 Å². The SMILES string of the molecule is CC(C)CC(CBr)(CBr)Cc1ccc(F)cc1F. The standard InChI is InChI=1S/C14H18Br2F2/c1-10(2)6-14(8-15,9-16)7-11-3-4-12(17)5-13(11)18/h3-5,10H,6-9H2,1-2H3. The summed E-state index contributed by atoms with van der Waals surface area (Å²) in [6.45, 7) is 4.31. The maximum atomic E-state index is 13.7. The third kappa shape index (κ3) is 4.30. The van der Waals surface area contributed by atoms with Gasteiger partial charge in [-0.05, 0) is 35.8 Å². The zero-order valence-electron chi connectivity index (χ0n) is 10.6. The van der Waals surface area contributed by atoms with Crippen molar-refractivity contribution in [3.63, 3.8) is 0 Å². The number of hydrogen-bond acceptors (Lipinski definition) is 0. The molecule has 0 N–H and O–H groups in total. The number of rotatable bonds is 6. The van der Waals surface area contributed by atoms with Gasteiger partial charge in [0.15, 0.2) is 0 Å². The first kappa shape index (κ1) is 16.1. The summed E-state index contributed by atoms with van der Waals surface area (Å²) in [7, 11) is 0. The Kier molecular flexibility index (Phi) is 6.25. The molecule has 0 spiro atoms. The molecule has 0 aliphatic carbocycles. The molecule has 4 heteroatoms. The normalized spacial score (nSPS) is 12.2. The third-order valence-electron chi connectivity index (χ3n) is 2.99. The van der Waals surface area contributed by atoms with Crippen molar-refractivity contribution in [3.05, 3.63) is 35.4 Å². The van der Waals surface area contributed by atoms with E-state index in [-0.39, 0.29) is 5.41 Å². The average molecular weight is 384 g/mol. The van der Waals surface area contributed by atoms with Gasteiger partial charge in [0.1, 0.15) is 11.6 Å². The lowest BCUT2D eigenvalue weighted by Gasteiger charge is -2.32. The number of hydrogen-bond donors (Lipinski definition) is 0. The van der Waals surface area contributed by atoms with E-state index in [1.807, 2.05) is 0 Å². The van der Waals surface area contributed by atoms with Crippen molar-refractivity contribution in [1.29, 1.82) is 0 Å². The topological polar surface area (TPSA) is 0 Å². The summed E-state index contributed by atoms with van der Waals surface area (Å²) in [6, 6.07) is 3.82. The van der Waals surface area contributed by atoms with Gasteiger partial charge in [0.05, 0.1) is 0 Å². The fraction of sp³-hybridized carbons (Fsp3) is 0.571. The highest BCUT2D eigenvalue weighted by Gasteiger charge is 2.30. The Hall–Kier alpha value is 0.0400. The summed E-state index contributed by atoms with van der Waals surface area (Å²) < 4.78 is 26.6. The molecule has 0 atom stereocenters. The highest BCUT2D eigenvalue weighted by atomic mass is 79.9. The molecule has 1 rings (SSSR count). The second-order valence-electron chi connectivity index (χ2n) is 5.28. The molecule has 0 saturated heterocycles. The molecule has 18 heavy (non-hydrogen) atoms. The molecule has 0 amide bonds. The quantitative estimate of drug-likeness (QED) is 0.582. The molecule has 1 aromatic rings. The minimum absolute atomic E-state index is 0.0349. The van der Waals surface area contributed by atoms with Gasteiger partial charge < -0.3 is 0 Å². The van der Waals surface area contributed by atoms with Crippen LogP contribution < -0.4 is 0 Å². The van der Waals surface area contributed by atoms with Gasteiger partial charge in [0, 0.05) is 16.7 Å². The Morgan fingerprint density at radius 3 is 2.22 bits per heavy atom. The molecule has 0 radical (unpaired) electrons. The van der Waals surface area contributed by atoms with E-state index in [0.29, 0.717) is 17.9 Å². The van der Waals surface area contributed by atoms with Gasteiger partial charge in [-0.2, -0.15) is 0 Å². The second-order valence-corrected chi connectivity index (χ2v) is 6.40. The number of benzene rings is 1. The van der Waals surface area contributed by atoms with E-state index in [2.05, 4.69) is 45.7 Å². The summed E-state index contributed by atoms with van der Waals surface area (Å²) >= 11 is 7.06. The Morgan fingerprint density at radius 1 is 1.17 bits per heavy atom. The molecule has 0 fully saturated rings. The first-order valence-electron chi connectivity index (χ1n) is 5.98. The molecule has 0 unspecified atom stereocenters. The second kappa shape index (κ2) is 6.99. The van der Waals surface area contributed by atoms with E-state index in [4.69, 9.17) is 0 Å². The van der Waals surface area contributed by atoms with E-state index in [0.717, 1.165) is 23.1 Å². The summed E-state index contributed by atoms with van der Waals surface area (Å²) in [6.07, 6.45) is 1.59. The van der Waals surface area contributed by atoms with Crippen LogP contribution in [-0.4, -0.2) is 10.7 Å². The molecule has 0 saturated carbocycles. The van der Waals surface area contributed by atoms with Gasteiger partial charge in [0.2, 0.25) is 0 Å². The van der Waals surface area contributed by atoms with Crippen molar-refractivity contribution < 1.29 is 8.78 Å². The Bertz CT molecular complexity index is 387. The van der Waals surface area contributed by atoms with E-state index >= 15 is 0 Å². The van der Waals surface area contributed by atoms with Crippen molar-refractivity contribution in [2.75, 3.05) is 10.7 Å². The average Bonchev–Trinajstić information content (AvgIpc) is 2.31. The largest absolute Gasteiger partial charge is 0.207 e. The predicted octanol–water partition coefficient (Wildman–Crippen LogP) is 5.33. The van der Waals surface area contributed by atoms with Gasteiger partial charge in [-0.25, -0.2) is 8.78 Å². The fourth-order valence-electron chi connectivity index (χ4n) is 2.25. The first-order valence-corrected chi connectivity index (χ1v) is 8.22. The molecule has 0 bridgehead atoms. The van der Waals surface area contributed by atoms with Crippen LogP contribution in [0.2, 0.25) is 0 Å². The molecule has 0 aliphatic heterocycles. The molecular weight excluding hydrogens is 366 g/mol. The molecule has 0 heterocycles. The molecular formula is C14H18Br2F2. The minimum Gasteiger partial charge on any atom is -0.207 e. The van der Waals surface area contributed by atoms with Crippen LogP contribution in [0.15, 0.2) is 18.2 Å². The van der Waals surface area contributed by atoms with E-state index in [1.165, 1.54) is 6.07 Å². The predicted molar refractivity (Wildman–Crippen MR) is 79.5 cm³/mol. The van der Waals surface area contributed by atoms with Crippen molar-refractivity contribution in [1.82, 2.24) is 0 Å². The van der Waals surface area contributed by atoms with Crippen LogP contribution in [-0.2, 0) is 6.42 Å². The maximum Gasteiger partial charge on any atom is 0.129 e. The van der Waals surface area contributed by atoms with Crippen LogP contribution in [0.3, 0.4) is 0 Å². The van der Waals surface area contributed by atoms with Crippen molar-refractivity contribution in [3.8, 4) is 0 Å². The maximum absolute atomic E-state index is 13.7. The van der Waals surface area contributed by atoms with Crippen LogP contribution in [0.4, 0.5) is 8.78 Å². The lowest BCUT2D eigenvalue weighted by molar-refractivity contribution is 0.300.